The molecule has 0 aliphatic carbocycles. The lowest BCUT2D eigenvalue weighted by molar-refractivity contribution is -0.118. The summed E-state index contributed by atoms with van der Waals surface area (Å²) in [5.41, 5.74) is 3.33. The number of benzene rings is 2. The smallest absolute Gasteiger partial charge is 0.230 e. The van der Waals surface area contributed by atoms with Crippen molar-refractivity contribution in [2.24, 2.45) is 0 Å². The van der Waals surface area contributed by atoms with Gasteiger partial charge in [-0.2, -0.15) is 0 Å². The SMILES string of the molecule is Cc1ccc(CSCC(=O)NCc2ccc(Cl)cc2Cl)cc1. The van der Waals surface area contributed by atoms with Crippen molar-refractivity contribution in [2.75, 3.05) is 5.75 Å². The molecule has 0 radical (unpaired) electrons. The first-order valence-corrected chi connectivity index (χ1v) is 8.79. The molecule has 0 unspecified atom stereocenters. The average Bonchev–Trinajstić information content (AvgIpc) is 2.48. The molecular formula is C17H17Cl2NOS. The Balaban J connectivity index is 1.72. The predicted octanol–water partition coefficient (Wildman–Crippen LogP) is 4.85. The molecule has 2 aromatic rings. The maximum atomic E-state index is 11.8. The van der Waals surface area contributed by atoms with Gasteiger partial charge in [-0.1, -0.05) is 59.1 Å². The first-order chi connectivity index (χ1) is 10.5. The molecule has 0 spiro atoms. The third-order valence-corrected chi connectivity index (χ3v) is 4.70. The first kappa shape index (κ1) is 17.2. The van der Waals surface area contributed by atoms with Crippen molar-refractivity contribution in [1.29, 1.82) is 0 Å². The van der Waals surface area contributed by atoms with Crippen LogP contribution in [0.5, 0.6) is 0 Å². The Morgan fingerprint density at radius 2 is 1.86 bits per heavy atom. The van der Waals surface area contributed by atoms with E-state index in [0.717, 1.165) is 11.3 Å². The molecule has 0 bridgehead atoms. The van der Waals surface area contributed by atoms with Crippen molar-refractivity contribution in [3.8, 4) is 0 Å². The molecule has 22 heavy (non-hydrogen) atoms. The third-order valence-electron chi connectivity index (χ3n) is 3.11. The summed E-state index contributed by atoms with van der Waals surface area (Å²) in [5.74, 6) is 1.26. The van der Waals surface area contributed by atoms with Crippen LogP contribution in [0, 0.1) is 6.92 Å². The van der Waals surface area contributed by atoms with E-state index in [-0.39, 0.29) is 5.91 Å². The van der Waals surface area contributed by atoms with E-state index in [9.17, 15) is 4.79 Å². The topological polar surface area (TPSA) is 29.1 Å². The van der Waals surface area contributed by atoms with Crippen LogP contribution in [0.15, 0.2) is 42.5 Å². The zero-order chi connectivity index (χ0) is 15.9. The largest absolute Gasteiger partial charge is 0.351 e. The molecule has 0 atom stereocenters. The highest BCUT2D eigenvalue weighted by atomic mass is 35.5. The molecule has 2 nitrogen and oxygen atoms in total. The third kappa shape index (κ3) is 5.56. The van der Waals surface area contributed by atoms with Gasteiger partial charge >= 0.3 is 0 Å². The van der Waals surface area contributed by atoms with Crippen LogP contribution in [0.3, 0.4) is 0 Å². The normalized spacial score (nSPS) is 10.5. The lowest BCUT2D eigenvalue weighted by Crippen LogP contribution is -2.24. The van der Waals surface area contributed by atoms with Crippen molar-refractivity contribution < 1.29 is 4.79 Å². The highest BCUT2D eigenvalue weighted by molar-refractivity contribution is 7.99. The summed E-state index contributed by atoms with van der Waals surface area (Å²) in [4.78, 5) is 11.8. The maximum absolute atomic E-state index is 11.8. The zero-order valence-corrected chi connectivity index (χ0v) is 14.6. The van der Waals surface area contributed by atoms with Crippen molar-refractivity contribution in [2.45, 2.75) is 19.2 Å². The minimum atomic E-state index is 0.00290. The van der Waals surface area contributed by atoms with Gasteiger partial charge in [-0.05, 0) is 30.2 Å². The van der Waals surface area contributed by atoms with Gasteiger partial charge in [0.05, 0.1) is 5.75 Å². The number of halogens is 2. The van der Waals surface area contributed by atoms with Gasteiger partial charge in [0.15, 0.2) is 0 Å². The lowest BCUT2D eigenvalue weighted by atomic mass is 10.2. The van der Waals surface area contributed by atoms with Gasteiger partial charge in [-0.3, -0.25) is 4.79 Å². The van der Waals surface area contributed by atoms with Gasteiger partial charge in [0, 0.05) is 22.3 Å². The van der Waals surface area contributed by atoms with Crippen LogP contribution in [0.25, 0.3) is 0 Å². The van der Waals surface area contributed by atoms with E-state index in [2.05, 4.69) is 36.5 Å². The summed E-state index contributed by atoms with van der Waals surface area (Å²) in [6, 6.07) is 13.6. The molecule has 1 N–H and O–H groups in total. The Morgan fingerprint density at radius 1 is 1.14 bits per heavy atom. The number of carbonyl (C=O) groups is 1. The monoisotopic (exact) mass is 353 g/mol. The molecule has 0 heterocycles. The van der Waals surface area contributed by atoms with Crippen molar-refractivity contribution in [1.82, 2.24) is 5.32 Å². The van der Waals surface area contributed by atoms with Gasteiger partial charge in [0.2, 0.25) is 5.91 Å². The van der Waals surface area contributed by atoms with E-state index in [1.54, 1.807) is 23.9 Å². The van der Waals surface area contributed by atoms with E-state index in [0.29, 0.717) is 22.3 Å². The average molecular weight is 354 g/mol. The molecule has 1 amide bonds. The molecule has 116 valence electrons. The fraction of sp³-hybridized carbons (Fsp3) is 0.235. The first-order valence-electron chi connectivity index (χ1n) is 6.88. The van der Waals surface area contributed by atoms with Gasteiger partial charge in [0.25, 0.3) is 0 Å². The fourth-order valence-corrected chi connectivity index (χ4v) is 3.15. The second kappa shape index (κ2) is 8.47. The molecular weight excluding hydrogens is 337 g/mol. The standard InChI is InChI=1S/C17H17Cl2NOS/c1-12-2-4-13(5-3-12)10-22-11-17(21)20-9-14-6-7-15(18)8-16(14)19/h2-8H,9-11H2,1H3,(H,20,21). The highest BCUT2D eigenvalue weighted by Crippen LogP contribution is 2.20. The molecule has 0 aliphatic heterocycles. The Morgan fingerprint density at radius 3 is 2.55 bits per heavy atom. The Bertz CT molecular complexity index is 644. The van der Waals surface area contributed by atoms with E-state index in [1.807, 2.05) is 6.07 Å². The minimum Gasteiger partial charge on any atom is -0.351 e. The Labute approximate surface area is 145 Å². The molecule has 2 aromatic carbocycles. The van der Waals surface area contributed by atoms with Crippen LogP contribution in [-0.2, 0) is 17.1 Å². The number of nitrogens with one attached hydrogen (secondary N) is 1. The van der Waals surface area contributed by atoms with Crippen LogP contribution >= 0.6 is 35.0 Å². The number of amides is 1. The summed E-state index contributed by atoms with van der Waals surface area (Å²) in [6.45, 7) is 2.48. The molecule has 0 saturated heterocycles. The Hall–Kier alpha value is -1.16. The predicted molar refractivity (Wildman–Crippen MR) is 95.6 cm³/mol. The van der Waals surface area contributed by atoms with Gasteiger partial charge in [-0.25, -0.2) is 0 Å². The number of hydrogen-bond acceptors (Lipinski definition) is 2. The van der Waals surface area contributed by atoms with Crippen molar-refractivity contribution in [3.05, 3.63) is 69.2 Å². The summed E-state index contributed by atoms with van der Waals surface area (Å²) < 4.78 is 0. The molecule has 0 saturated carbocycles. The molecule has 2 rings (SSSR count). The van der Waals surface area contributed by atoms with Crippen LogP contribution < -0.4 is 5.32 Å². The van der Waals surface area contributed by atoms with Crippen LogP contribution in [0.4, 0.5) is 0 Å². The summed E-state index contributed by atoms with van der Waals surface area (Å²) in [7, 11) is 0. The lowest BCUT2D eigenvalue weighted by Gasteiger charge is -2.07. The van der Waals surface area contributed by atoms with E-state index in [4.69, 9.17) is 23.2 Å². The molecule has 0 aromatic heterocycles. The minimum absolute atomic E-state index is 0.00290. The van der Waals surface area contributed by atoms with Crippen LogP contribution in [0.2, 0.25) is 10.0 Å². The van der Waals surface area contributed by atoms with E-state index in [1.165, 1.54) is 11.1 Å². The summed E-state index contributed by atoms with van der Waals surface area (Å²) in [5, 5.41) is 4.03. The Kier molecular flexibility index (Phi) is 6.62. The summed E-state index contributed by atoms with van der Waals surface area (Å²) in [6.07, 6.45) is 0. The second-order valence-corrected chi connectivity index (χ2v) is 6.82. The number of rotatable bonds is 6. The zero-order valence-electron chi connectivity index (χ0n) is 12.2. The quantitative estimate of drug-likeness (QED) is 0.803. The highest BCUT2D eigenvalue weighted by Gasteiger charge is 2.05. The van der Waals surface area contributed by atoms with Crippen molar-refractivity contribution in [3.63, 3.8) is 0 Å². The van der Waals surface area contributed by atoms with Crippen LogP contribution in [0.1, 0.15) is 16.7 Å². The molecule has 0 fully saturated rings. The maximum Gasteiger partial charge on any atom is 0.230 e. The number of carbonyl (C=O) groups excluding carboxylic acids is 1. The van der Waals surface area contributed by atoms with E-state index >= 15 is 0 Å². The number of hydrogen-bond donors (Lipinski definition) is 1. The van der Waals surface area contributed by atoms with Gasteiger partial charge < -0.3 is 5.32 Å². The van der Waals surface area contributed by atoms with Gasteiger partial charge in [-0.15, -0.1) is 11.8 Å². The summed E-state index contributed by atoms with van der Waals surface area (Å²) >= 11 is 13.5. The van der Waals surface area contributed by atoms with E-state index < -0.39 is 0 Å². The fourth-order valence-electron chi connectivity index (χ4n) is 1.86. The number of thioether (sulfide) groups is 1. The second-order valence-electron chi connectivity index (χ2n) is 4.99. The van der Waals surface area contributed by atoms with Crippen LogP contribution in [-0.4, -0.2) is 11.7 Å². The van der Waals surface area contributed by atoms with Crippen molar-refractivity contribution >= 4 is 40.9 Å². The molecule has 0 aliphatic rings. The number of aryl methyl sites for hydroxylation is 1. The molecule has 5 heteroatoms. The van der Waals surface area contributed by atoms with Gasteiger partial charge in [0.1, 0.15) is 0 Å².